The summed E-state index contributed by atoms with van der Waals surface area (Å²) in [5.41, 5.74) is 1.56. The summed E-state index contributed by atoms with van der Waals surface area (Å²) < 4.78 is 5.43. The van der Waals surface area contributed by atoms with Crippen LogP contribution in [0.25, 0.3) is 0 Å². The Hall–Kier alpha value is -2.55. The van der Waals surface area contributed by atoms with Gasteiger partial charge in [-0.2, -0.15) is 5.26 Å². The van der Waals surface area contributed by atoms with Crippen molar-refractivity contribution in [2.75, 3.05) is 13.1 Å². The van der Waals surface area contributed by atoms with Gasteiger partial charge in [-0.3, -0.25) is 4.79 Å². The number of nitrogens with zero attached hydrogens (tertiary/aromatic N) is 2. The van der Waals surface area contributed by atoms with Gasteiger partial charge >= 0.3 is 12.1 Å². The van der Waals surface area contributed by atoms with E-state index >= 15 is 0 Å². The molecule has 1 N–H and O–H groups in total. The number of nitriles is 1. The molecule has 0 saturated carbocycles. The fourth-order valence-electron chi connectivity index (χ4n) is 3.30. The summed E-state index contributed by atoms with van der Waals surface area (Å²) in [6.07, 6.45) is 1.80. The molecule has 1 aliphatic heterocycles. The maximum absolute atomic E-state index is 12.2. The van der Waals surface area contributed by atoms with Crippen LogP contribution in [0, 0.1) is 11.3 Å². The number of likely N-dealkylation sites (tertiary alicyclic amines) is 1. The second-order valence-electron chi connectivity index (χ2n) is 8.02. The molecule has 0 radical (unpaired) electrons. The molecule has 1 aromatic rings. The van der Waals surface area contributed by atoms with Gasteiger partial charge in [-0.1, -0.05) is 24.3 Å². The van der Waals surface area contributed by atoms with Crippen molar-refractivity contribution in [3.05, 3.63) is 35.4 Å². The number of piperidine rings is 1. The van der Waals surface area contributed by atoms with Gasteiger partial charge in [0, 0.05) is 19.5 Å². The number of hydrogen-bond acceptors (Lipinski definition) is 4. The Balaban J connectivity index is 1.92. The number of carbonyl (C=O) groups excluding carboxylic acids is 1. The van der Waals surface area contributed by atoms with Crippen LogP contribution < -0.4 is 0 Å². The largest absolute Gasteiger partial charge is 0.481 e. The smallest absolute Gasteiger partial charge is 0.410 e. The molecule has 27 heavy (non-hydrogen) atoms. The SMILES string of the molecule is CC(C)(C)OC(=O)N1CCC(c2ccc(C(C#N)CCC(=O)O)cc2)CC1. The van der Waals surface area contributed by atoms with E-state index in [0.717, 1.165) is 18.4 Å². The standard InChI is InChI=1S/C21H28N2O4/c1-21(2,3)27-20(26)23-12-10-17(11-13-23)15-4-6-16(7-5-15)18(14-22)8-9-19(24)25/h4-7,17-18H,8-13H2,1-3H3,(H,24,25). The van der Waals surface area contributed by atoms with Gasteiger partial charge in [0.25, 0.3) is 0 Å². The van der Waals surface area contributed by atoms with Gasteiger partial charge in [-0.25, -0.2) is 4.79 Å². The molecule has 6 nitrogen and oxygen atoms in total. The first-order chi connectivity index (χ1) is 12.7. The Morgan fingerprint density at radius 3 is 2.33 bits per heavy atom. The lowest BCUT2D eigenvalue weighted by Gasteiger charge is -2.33. The third kappa shape index (κ3) is 6.28. The van der Waals surface area contributed by atoms with E-state index in [2.05, 4.69) is 6.07 Å². The summed E-state index contributed by atoms with van der Waals surface area (Å²) in [4.78, 5) is 24.6. The third-order valence-corrected chi connectivity index (χ3v) is 4.76. The van der Waals surface area contributed by atoms with E-state index in [1.807, 2.05) is 45.0 Å². The van der Waals surface area contributed by atoms with E-state index in [9.17, 15) is 14.9 Å². The second-order valence-corrected chi connectivity index (χ2v) is 8.02. The molecule has 1 amide bonds. The molecule has 2 rings (SSSR count). The lowest BCUT2D eigenvalue weighted by atomic mass is 9.87. The number of rotatable bonds is 5. The number of carboxylic acids is 1. The molecular weight excluding hydrogens is 344 g/mol. The third-order valence-electron chi connectivity index (χ3n) is 4.76. The minimum Gasteiger partial charge on any atom is -0.481 e. The van der Waals surface area contributed by atoms with Crippen LogP contribution in [0.15, 0.2) is 24.3 Å². The number of carboxylic acid groups (broad SMARTS) is 1. The highest BCUT2D eigenvalue weighted by molar-refractivity contribution is 5.68. The minimum atomic E-state index is -0.886. The maximum Gasteiger partial charge on any atom is 0.410 e. The average Bonchev–Trinajstić information content (AvgIpc) is 2.61. The Morgan fingerprint density at radius 2 is 1.85 bits per heavy atom. The molecule has 1 aliphatic rings. The first-order valence-corrected chi connectivity index (χ1v) is 9.39. The molecule has 1 unspecified atom stereocenters. The van der Waals surface area contributed by atoms with Gasteiger partial charge in [0.2, 0.25) is 0 Å². The zero-order chi connectivity index (χ0) is 20.0. The predicted octanol–water partition coefficient (Wildman–Crippen LogP) is 4.27. The molecule has 0 aliphatic carbocycles. The van der Waals surface area contributed by atoms with E-state index in [0.29, 0.717) is 25.4 Å². The molecule has 6 heteroatoms. The Kier molecular flexibility index (Phi) is 6.84. The van der Waals surface area contributed by atoms with Crippen molar-refractivity contribution in [3.63, 3.8) is 0 Å². The first-order valence-electron chi connectivity index (χ1n) is 9.39. The van der Waals surface area contributed by atoms with Crippen LogP contribution >= 0.6 is 0 Å². The lowest BCUT2D eigenvalue weighted by Crippen LogP contribution is -2.41. The van der Waals surface area contributed by atoms with Crippen LogP contribution in [0.2, 0.25) is 0 Å². The minimum absolute atomic E-state index is 0.0108. The molecule has 0 aromatic heterocycles. The second kappa shape index (κ2) is 8.90. The summed E-state index contributed by atoms with van der Waals surface area (Å²) in [6, 6.07) is 10.1. The van der Waals surface area contributed by atoms with Crippen molar-refractivity contribution in [2.24, 2.45) is 0 Å². The Labute approximate surface area is 160 Å². The highest BCUT2D eigenvalue weighted by atomic mass is 16.6. The van der Waals surface area contributed by atoms with E-state index < -0.39 is 17.5 Å². The molecule has 1 fully saturated rings. The van der Waals surface area contributed by atoms with E-state index in [4.69, 9.17) is 9.84 Å². The topological polar surface area (TPSA) is 90.6 Å². The van der Waals surface area contributed by atoms with Crippen LogP contribution in [-0.2, 0) is 9.53 Å². The molecule has 1 heterocycles. The van der Waals surface area contributed by atoms with Crippen molar-refractivity contribution in [3.8, 4) is 6.07 Å². The van der Waals surface area contributed by atoms with Crippen molar-refractivity contribution in [2.45, 2.75) is 63.9 Å². The molecule has 146 valence electrons. The van der Waals surface area contributed by atoms with Crippen molar-refractivity contribution in [1.29, 1.82) is 5.26 Å². The van der Waals surface area contributed by atoms with Gasteiger partial charge in [0.05, 0.1) is 12.0 Å². The lowest BCUT2D eigenvalue weighted by molar-refractivity contribution is -0.137. The average molecular weight is 372 g/mol. The summed E-state index contributed by atoms with van der Waals surface area (Å²) in [5, 5.41) is 18.1. The number of aliphatic carboxylic acids is 1. The zero-order valence-electron chi connectivity index (χ0n) is 16.3. The van der Waals surface area contributed by atoms with Gasteiger partial charge < -0.3 is 14.7 Å². The predicted molar refractivity (Wildman–Crippen MR) is 101 cm³/mol. The van der Waals surface area contributed by atoms with E-state index in [1.54, 1.807) is 4.90 Å². The van der Waals surface area contributed by atoms with E-state index in [1.165, 1.54) is 5.56 Å². The number of benzene rings is 1. The molecule has 0 spiro atoms. The number of carbonyl (C=O) groups is 2. The number of ether oxygens (including phenoxy) is 1. The molecule has 1 saturated heterocycles. The summed E-state index contributed by atoms with van der Waals surface area (Å²) in [7, 11) is 0. The van der Waals surface area contributed by atoms with Crippen molar-refractivity contribution in [1.82, 2.24) is 4.90 Å². The van der Waals surface area contributed by atoms with Gasteiger partial charge in [0.1, 0.15) is 5.60 Å². The fraction of sp³-hybridized carbons (Fsp3) is 0.571. The number of amides is 1. The highest BCUT2D eigenvalue weighted by Gasteiger charge is 2.27. The molecular formula is C21H28N2O4. The summed E-state index contributed by atoms with van der Waals surface area (Å²) in [5.74, 6) is -0.912. The summed E-state index contributed by atoms with van der Waals surface area (Å²) in [6.45, 7) is 6.93. The Morgan fingerprint density at radius 1 is 1.26 bits per heavy atom. The van der Waals surface area contributed by atoms with Crippen molar-refractivity contribution >= 4 is 12.1 Å². The van der Waals surface area contributed by atoms with Crippen LogP contribution in [0.1, 0.15) is 69.4 Å². The van der Waals surface area contributed by atoms with Gasteiger partial charge in [-0.15, -0.1) is 0 Å². The van der Waals surface area contributed by atoms with E-state index in [-0.39, 0.29) is 12.5 Å². The van der Waals surface area contributed by atoms with Crippen molar-refractivity contribution < 1.29 is 19.4 Å². The van der Waals surface area contributed by atoms with Crippen LogP contribution in [0.3, 0.4) is 0 Å². The zero-order valence-corrected chi connectivity index (χ0v) is 16.3. The van der Waals surface area contributed by atoms with Crippen LogP contribution in [0.4, 0.5) is 4.79 Å². The molecule has 1 aromatic carbocycles. The van der Waals surface area contributed by atoms with Gasteiger partial charge in [0.15, 0.2) is 0 Å². The summed E-state index contributed by atoms with van der Waals surface area (Å²) >= 11 is 0. The number of hydrogen-bond donors (Lipinski definition) is 1. The van der Waals surface area contributed by atoms with Crippen LogP contribution in [-0.4, -0.2) is 40.8 Å². The molecule has 1 atom stereocenters. The highest BCUT2D eigenvalue weighted by Crippen LogP contribution is 2.30. The quantitative estimate of drug-likeness (QED) is 0.833. The molecule has 0 bridgehead atoms. The maximum atomic E-state index is 12.2. The monoisotopic (exact) mass is 372 g/mol. The van der Waals surface area contributed by atoms with Gasteiger partial charge in [-0.05, 0) is 57.1 Å². The first kappa shape index (κ1) is 20.8. The Bertz CT molecular complexity index is 692. The van der Waals surface area contributed by atoms with Crippen LogP contribution in [0.5, 0.6) is 0 Å². The fourth-order valence-corrected chi connectivity index (χ4v) is 3.30. The normalized spacial score (nSPS) is 16.4.